The molecule has 1 heterocycles. The fraction of sp³-hybridized carbons (Fsp3) is 0.250. The van der Waals surface area contributed by atoms with Crippen LogP contribution in [0.15, 0.2) is 23.4 Å². The second-order valence-electron chi connectivity index (χ2n) is 2.57. The number of carbonyl (C=O) groups is 1. The maximum atomic E-state index is 10.4. The van der Waals surface area contributed by atoms with Crippen LogP contribution in [0.1, 0.15) is 0 Å². The van der Waals surface area contributed by atoms with Gasteiger partial charge in [-0.1, -0.05) is 11.6 Å². The summed E-state index contributed by atoms with van der Waals surface area (Å²) in [5, 5.41) is 9.79. The Bertz CT molecular complexity index is 318. The summed E-state index contributed by atoms with van der Waals surface area (Å²) in [5.74, 6) is -0.712. The van der Waals surface area contributed by atoms with E-state index >= 15 is 0 Å². The van der Waals surface area contributed by atoms with Gasteiger partial charge in [0.1, 0.15) is 6.04 Å². The number of hydrogen-bond donors (Lipinski definition) is 2. The van der Waals surface area contributed by atoms with E-state index in [0.29, 0.717) is 15.8 Å². The Morgan fingerprint density at radius 3 is 2.93 bits per heavy atom. The van der Waals surface area contributed by atoms with Gasteiger partial charge in [0, 0.05) is 11.9 Å². The number of carboxylic acids is 1. The minimum Gasteiger partial charge on any atom is -0.480 e. The first-order valence-corrected chi connectivity index (χ1v) is 5.18. The van der Waals surface area contributed by atoms with E-state index in [9.17, 15) is 4.79 Å². The number of halogens is 1. The Morgan fingerprint density at radius 1 is 1.71 bits per heavy atom. The normalized spacial score (nSPS) is 12.4. The number of rotatable bonds is 4. The number of thioether (sulfide) groups is 1. The molecule has 1 aromatic rings. The standard InChI is InChI=1S/C8H9ClN2O2S/c9-5-1-2-7(11-3-5)14-4-6(10)8(12)13/h1-3,6H,4,10H2,(H,12,13). The summed E-state index contributed by atoms with van der Waals surface area (Å²) in [6, 6.07) is 2.56. The van der Waals surface area contributed by atoms with Crippen molar-refractivity contribution in [3.63, 3.8) is 0 Å². The third-order valence-corrected chi connectivity index (χ3v) is 2.71. The molecule has 76 valence electrons. The summed E-state index contributed by atoms with van der Waals surface area (Å²) < 4.78 is 0. The average molecular weight is 233 g/mol. The van der Waals surface area contributed by atoms with E-state index in [-0.39, 0.29) is 0 Å². The highest BCUT2D eigenvalue weighted by Gasteiger charge is 2.11. The minimum absolute atomic E-state index is 0.296. The molecule has 1 aromatic heterocycles. The van der Waals surface area contributed by atoms with E-state index in [2.05, 4.69) is 4.98 Å². The quantitative estimate of drug-likeness (QED) is 0.764. The SMILES string of the molecule is NC(CSc1ccc(Cl)cn1)C(=O)O. The predicted octanol–water partition coefficient (Wildman–Crippen LogP) is 1.24. The molecule has 0 amide bonds. The fourth-order valence-electron chi connectivity index (χ4n) is 0.694. The number of nitrogens with two attached hydrogens (primary N) is 1. The Balaban J connectivity index is 2.46. The van der Waals surface area contributed by atoms with Crippen molar-refractivity contribution in [3.8, 4) is 0 Å². The molecule has 1 atom stereocenters. The van der Waals surface area contributed by atoms with Gasteiger partial charge in [0.15, 0.2) is 0 Å². The highest BCUT2D eigenvalue weighted by molar-refractivity contribution is 7.99. The molecule has 14 heavy (non-hydrogen) atoms. The van der Waals surface area contributed by atoms with Crippen LogP contribution in [0.25, 0.3) is 0 Å². The van der Waals surface area contributed by atoms with Gasteiger partial charge >= 0.3 is 5.97 Å². The molecule has 0 saturated heterocycles. The van der Waals surface area contributed by atoms with Crippen molar-refractivity contribution < 1.29 is 9.90 Å². The van der Waals surface area contributed by atoms with Gasteiger partial charge < -0.3 is 10.8 Å². The van der Waals surface area contributed by atoms with Crippen LogP contribution in [0.5, 0.6) is 0 Å². The number of nitrogens with zero attached hydrogens (tertiary/aromatic N) is 1. The average Bonchev–Trinajstić information content (AvgIpc) is 2.16. The fourth-order valence-corrected chi connectivity index (χ4v) is 1.59. The third kappa shape index (κ3) is 3.53. The molecule has 0 aliphatic rings. The van der Waals surface area contributed by atoms with Crippen LogP contribution < -0.4 is 5.73 Å². The van der Waals surface area contributed by atoms with Gasteiger partial charge in [-0.15, -0.1) is 11.8 Å². The largest absolute Gasteiger partial charge is 0.480 e. The second-order valence-corrected chi connectivity index (χ2v) is 4.05. The lowest BCUT2D eigenvalue weighted by atomic mass is 10.4. The molecule has 1 rings (SSSR count). The number of aromatic nitrogens is 1. The van der Waals surface area contributed by atoms with Gasteiger partial charge in [0.25, 0.3) is 0 Å². The van der Waals surface area contributed by atoms with Gasteiger partial charge in [-0.05, 0) is 12.1 Å². The summed E-state index contributed by atoms with van der Waals surface area (Å²) in [6.45, 7) is 0. The van der Waals surface area contributed by atoms with Crippen molar-refractivity contribution in [1.29, 1.82) is 0 Å². The van der Waals surface area contributed by atoms with Crippen molar-refractivity contribution in [3.05, 3.63) is 23.4 Å². The summed E-state index contributed by atoms with van der Waals surface area (Å²) in [5.41, 5.74) is 5.32. The van der Waals surface area contributed by atoms with Gasteiger partial charge in [-0.2, -0.15) is 0 Å². The van der Waals surface area contributed by atoms with Crippen LogP contribution in [0.2, 0.25) is 5.02 Å². The Morgan fingerprint density at radius 2 is 2.43 bits per heavy atom. The number of carboxylic acid groups (broad SMARTS) is 1. The van der Waals surface area contributed by atoms with Gasteiger partial charge in [-0.3, -0.25) is 4.79 Å². The van der Waals surface area contributed by atoms with Crippen LogP contribution in [-0.4, -0.2) is 27.9 Å². The molecular weight excluding hydrogens is 224 g/mol. The van der Waals surface area contributed by atoms with E-state index in [0.717, 1.165) is 0 Å². The highest BCUT2D eigenvalue weighted by atomic mass is 35.5. The lowest BCUT2D eigenvalue weighted by Gasteiger charge is -2.04. The number of aliphatic carboxylic acids is 1. The van der Waals surface area contributed by atoms with Gasteiger partial charge in [0.2, 0.25) is 0 Å². The van der Waals surface area contributed by atoms with Crippen molar-refractivity contribution in [1.82, 2.24) is 4.98 Å². The summed E-state index contributed by atoms with van der Waals surface area (Å²) >= 11 is 6.92. The van der Waals surface area contributed by atoms with Crippen molar-refractivity contribution in [2.24, 2.45) is 5.73 Å². The molecule has 0 bridgehead atoms. The van der Waals surface area contributed by atoms with Gasteiger partial charge in [-0.25, -0.2) is 4.98 Å². The second kappa shape index (κ2) is 5.19. The lowest BCUT2D eigenvalue weighted by Crippen LogP contribution is -2.32. The van der Waals surface area contributed by atoms with E-state index in [1.807, 2.05) is 0 Å². The van der Waals surface area contributed by atoms with E-state index in [1.165, 1.54) is 18.0 Å². The number of pyridine rings is 1. The van der Waals surface area contributed by atoms with Gasteiger partial charge in [0.05, 0.1) is 10.0 Å². The summed E-state index contributed by atoms with van der Waals surface area (Å²) in [7, 11) is 0. The highest BCUT2D eigenvalue weighted by Crippen LogP contribution is 2.17. The summed E-state index contributed by atoms with van der Waals surface area (Å²) in [4.78, 5) is 14.4. The van der Waals surface area contributed by atoms with Crippen LogP contribution in [-0.2, 0) is 4.79 Å². The first-order chi connectivity index (χ1) is 6.59. The first kappa shape index (κ1) is 11.3. The first-order valence-electron chi connectivity index (χ1n) is 3.82. The number of hydrogen-bond acceptors (Lipinski definition) is 4. The van der Waals surface area contributed by atoms with Crippen molar-refractivity contribution >= 4 is 29.3 Å². The molecule has 0 fully saturated rings. The molecule has 0 radical (unpaired) electrons. The van der Waals surface area contributed by atoms with E-state index < -0.39 is 12.0 Å². The monoisotopic (exact) mass is 232 g/mol. The maximum absolute atomic E-state index is 10.4. The topological polar surface area (TPSA) is 76.2 Å². The molecular formula is C8H9ClN2O2S. The molecule has 0 aliphatic carbocycles. The zero-order valence-corrected chi connectivity index (χ0v) is 8.76. The van der Waals surface area contributed by atoms with Crippen LogP contribution in [0.3, 0.4) is 0 Å². The van der Waals surface area contributed by atoms with Crippen LogP contribution >= 0.6 is 23.4 Å². The predicted molar refractivity (Wildman–Crippen MR) is 55.6 cm³/mol. The van der Waals surface area contributed by atoms with Crippen LogP contribution in [0, 0.1) is 0 Å². The van der Waals surface area contributed by atoms with Crippen molar-refractivity contribution in [2.45, 2.75) is 11.1 Å². The third-order valence-electron chi connectivity index (χ3n) is 1.43. The Labute approximate surface area is 90.5 Å². The lowest BCUT2D eigenvalue weighted by molar-refractivity contribution is -0.137. The van der Waals surface area contributed by atoms with Crippen LogP contribution in [0.4, 0.5) is 0 Å². The molecule has 0 aromatic carbocycles. The molecule has 1 unspecified atom stereocenters. The molecule has 0 spiro atoms. The van der Waals surface area contributed by atoms with E-state index in [1.54, 1.807) is 12.1 Å². The Kier molecular flexibility index (Phi) is 4.19. The summed E-state index contributed by atoms with van der Waals surface area (Å²) in [6.07, 6.45) is 1.51. The van der Waals surface area contributed by atoms with Crippen molar-refractivity contribution in [2.75, 3.05) is 5.75 Å². The zero-order chi connectivity index (χ0) is 10.6. The molecule has 4 nitrogen and oxygen atoms in total. The maximum Gasteiger partial charge on any atom is 0.321 e. The molecule has 0 aliphatic heterocycles. The zero-order valence-electron chi connectivity index (χ0n) is 7.18. The molecule has 3 N–H and O–H groups in total. The Hall–Kier alpha value is -0.780. The minimum atomic E-state index is -1.01. The smallest absolute Gasteiger partial charge is 0.321 e. The van der Waals surface area contributed by atoms with E-state index in [4.69, 9.17) is 22.4 Å². The molecule has 0 saturated carbocycles. The molecule has 6 heteroatoms.